The van der Waals surface area contributed by atoms with Gasteiger partial charge in [-0.3, -0.25) is 5.17 Å². The van der Waals surface area contributed by atoms with Gasteiger partial charge in [-0.25, -0.2) is 28.0 Å². The maximum Gasteiger partial charge on any atom is 0.137 e. The van der Waals surface area contributed by atoms with Crippen molar-refractivity contribution in [2.45, 2.75) is 31.2 Å². The molecule has 11 heteroatoms. The molecule has 162 valence electrons. The summed E-state index contributed by atoms with van der Waals surface area (Å²) in [5.41, 5.74) is -1.78. The predicted molar refractivity (Wildman–Crippen MR) is 104 cm³/mol. The number of nitrogens with zero attached hydrogens (tertiary/aromatic N) is 6. The number of aromatic nitrogens is 3. The maximum atomic E-state index is 14.7. The van der Waals surface area contributed by atoms with Crippen LogP contribution in [0, 0.1) is 22.7 Å². The van der Waals surface area contributed by atoms with Gasteiger partial charge < -0.3 is 10.3 Å². The van der Waals surface area contributed by atoms with E-state index in [2.05, 4.69) is 15.2 Å². The molecule has 0 fully saturated rings. The fourth-order valence-corrected chi connectivity index (χ4v) is 3.55. The van der Waals surface area contributed by atoms with E-state index in [0.717, 1.165) is 17.3 Å². The number of hydroxylamine groups is 1. The highest BCUT2D eigenvalue weighted by Gasteiger charge is 2.44. The zero-order valence-corrected chi connectivity index (χ0v) is 16.3. The standard InChI is InChI=1S/C20H18F3N6O2/c1-13(28-25-9-19(29(28)31)14-2-4-15(21)5-3-14)20(30,10-27-12-24-11-26-27)17-7-6-16(22)8-18(17)23/h2-9,11-13,19,30H,10H2,1H3/q-1/t13-,19?,20-/m1/s1. The summed E-state index contributed by atoms with van der Waals surface area (Å²) < 4.78 is 42.6. The summed E-state index contributed by atoms with van der Waals surface area (Å²) in [7, 11) is 0. The van der Waals surface area contributed by atoms with Crippen molar-refractivity contribution < 1.29 is 18.3 Å². The normalized spacial score (nSPS) is 19.5. The van der Waals surface area contributed by atoms with E-state index in [1.54, 1.807) is 0 Å². The van der Waals surface area contributed by atoms with Crippen molar-refractivity contribution in [3.63, 3.8) is 0 Å². The van der Waals surface area contributed by atoms with Crippen molar-refractivity contribution in [3.8, 4) is 0 Å². The largest absolute Gasteiger partial charge is 0.765 e. The SMILES string of the molecule is C[C@@H](N1N=CC(c2ccc(F)cc2)N1[O-])[C@](O)(Cn1cncn1)c1ccc(F)cc1F. The number of hydrogen-bond donors (Lipinski definition) is 1. The molecule has 1 aromatic heterocycles. The summed E-state index contributed by atoms with van der Waals surface area (Å²) in [5, 5.41) is 34.1. The van der Waals surface area contributed by atoms with E-state index < -0.39 is 35.1 Å². The van der Waals surface area contributed by atoms with Gasteiger partial charge in [0.2, 0.25) is 0 Å². The first-order valence-corrected chi connectivity index (χ1v) is 9.35. The molecule has 0 radical (unpaired) electrons. The fraction of sp³-hybridized carbons (Fsp3) is 0.250. The Morgan fingerprint density at radius 3 is 2.48 bits per heavy atom. The van der Waals surface area contributed by atoms with Crippen LogP contribution in [0.4, 0.5) is 13.2 Å². The minimum Gasteiger partial charge on any atom is -0.765 e. The Bertz CT molecular complexity index is 1080. The van der Waals surface area contributed by atoms with Gasteiger partial charge >= 0.3 is 0 Å². The molecular formula is C20H18F3N6O2-. The second-order valence-electron chi connectivity index (χ2n) is 7.20. The molecule has 0 saturated heterocycles. The summed E-state index contributed by atoms with van der Waals surface area (Å²) in [6.45, 7) is 1.20. The van der Waals surface area contributed by atoms with Crippen molar-refractivity contribution in [1.82, 2.24) is 25.1 Å². The lowest BCUT2D eigenvalue weighted by molar-refractivity contribution is -0.123. The molecule has 8 nitrogen and oxygen atoms in total. The van der Waals surface area contributed by atoms with Gasteiger partial charge in [-0.05, 0) is 30.7 Å². The molecule has 0 spiro atoms. The van der Waals surface area contributed by atoms with Gasteiger partial charge in [0.25, 0.3) is 0 Å². The van der Waals surface area contributed by atoms with Gasteiger partial charge in [0.05, 0.1) is 18.6 Å². The van der Waals surface area contributed by atoms with E-state index in [1.807, 2.05) is 0 Å². The second-order valence-corrected chi connectivity index (χ2v) is 7.20. The molecule has 0 amide bonds. The lowest BCUT2D eigenvalue weighted by Crippen LogP contribution is -2.53. The molecule has 1 N–H and O–H groups in total. The maximum absolute atomic E-state index is 14.7. The Morgan fingerprint density at radius 2 is 1.84 bits per heavy atom. The molecule has 1 aliphatic heterocycles. The van der Waals surface area contributed by atoms with Crippen molar-refractivity contribution in [3.05, 3.63) is 88.9 Å². The molecule has 4 rings (SSSR count). The summed E-state index contributed by atoms with van der Waals surface area (Å²) in [4.78, 5) is 3.81. The van der Waals surface area contributed by atoms with Crippen LogP contribution >= 0.6 is 0 Å². The van der Waals surface area contributed by atoms with Gasteiger partial charge in [0, 0.05) is 17.8 Å². The Balaban J connectivity index is 1.68. The Labute approximate surface area is 175 Å². The van der Waals surface area contributed by atoms with Gasteiger partial charge in [-0.1, -0.05) is 18.2 Å². The molecule has 0 aliphatic carbocycles. The molecule has 2 aromatic carbocycles. The number of hydrazone groups is 1. The number of aliphatic hydroxyl groups is 1. The van der Waals surface area contributed by atoms with Crippen LogP contribution in [0.1, 0.15) is 24.1 Å². The van der Waals surface area contributed by atoms with E-state index in [0.29, 0.717) is 16.8 Å². The third-order valence-electron chi connectivity index (χ3n) is 5.28. The molecule has 31 heavy (non-hydrogen) atoms. The third-order valence-corrected chi connectivity index (χ3v) is 5.28. The summed E-state index contributed by atoms with van der Waals surface area (Å²) in [5.74, 6) is -2.24. The van der Waals surface area contributed by atoms with Crippen LogP contribution in [0.15, 0.2) is 60.2 Å². The lowest BCUT2D eigenvalue weighted by Gasteiger charge is -2.46. The number of benzene rings is 2. The van der Waals surface area contributed by atoms with Crippen LogP contribution in [0.3, 0.4) is 0 Å². The Kier molecular flexibility index (Phi) is 5.48. The Hall–Kier alpha value is -3.28. The molecular weight excluding hydrogens is 413 g/mol. The number of halogens is 3. The number of rotatable bonds is 6. The van der Waals surface area contributed by atoms with Crippen LogP contribution in [0.25, 0.3) is 0 Å². The number of hydrazine groups is 1. The molecule has 2 heterocycles. The van der Waals surface area contributed by atoms with E-state index in [9.17, 15) is 23.5 Å². The van der Waals surface area contributed by atoms with Crippen LogP contribution in [-0.2, 0) is 12.1 Å². The zero-order valence-electron chi connectivity index (χ0n) is 16.3. The molecule has 1 unspecified atom stereocenters. The molecule has 3 atom stereocenters. The fourth-order valence-electron chi connectivity index (χ4n) is 3.55. The first-order valence-electron chi connectivity index (χ1n) is 9.35. The highest BCUT2D eigenvalue weighted by atomic mass is 19.1. The average molecular weight is 431 g/mol. The summed E-state index contributed by atoms with van der Waals surface area (Å²) >= 11 is 0. The monoisotopic (exact) mass is 431 g/mol. The van der Waals surface area contributed by atoms with E-state index in [-0.39, 0.29) is 12.1 Å². The van der Waals surface area contributed by atoms with Crippen LogP contribution in [-0.4, -0.2) is 42.4 Å². The zero-order chi connectivity index (χ0) is 22.2. The van der Waals surface area contributed by atoms with Crippen molar-refractivity contribution in [2.24, 2.45) is 5.10 Å². The molecule has 3 aromatic rings. The van der Waals surface area contributed by atoms with Gasteiger partial charge in [-0.2, -0.15) is 10.2 Å². The minimum atomic E-state index is -2.04. The highest BCUT2D eigenvalue weighted by Crippen LogP contribution is 2.36. The summed E-state index contributed by atoms with van der Waals surface area (Å²) in [6.07, 6.45) is 3.90. The molecule has 1 aliphatic rings. The smallest absolute Gasteiger partial charge is 0.137 e. The average Bonchev–Trinajstić information content (AvgIpc) is 3.37. The van der Waals surface area contributed by atoms with Crippen LogP contribution < -0.4 is 0 Å². The van der Waals surface area contributed by atoms with E-state index in [1.165, 1.54) is 54.7 Å². The van der Waals surface area contributed by atoms with E-state index in [4.69, 9.17) is 0 Å². The Morgan fingerprint density at radius 1 is 1.13 bits per heavy atom. The van der Waals surface area contributed by atoms with Gasteiger partial charge in [0.15, 0.2) is 0 Å². The van der Waals surface area contributed by atoms with Crippen LogP contribution in [0.2, 0.25) is 0 Å². The van der Waals surface area contributed by atoms with Gasteiger partial charge in [0.1, 0.15) is 35.7 Å². The van der Waals surface area contributed by atoms with E-state index >= 15 is 0 Å². The minimum absolute atomic E-state index is 0.231. The van der Waals surface area contributed by atoms with Crippen molar-refractivity contribution >= 4 is 6.21 Å². The predicted octanol–water partition coefficient (Wildman–Crippen LogP) is 2.73. The topological polar surface area (TPSA) is 92.8 Å². The van der Waals surface area contributed by atoms with Crippen molar-refractivity contribution in [2.75, 3.05) is 0 Å². The lowest BCUT2D eigenvalue weighted by atomic mass is 9.86. The first kappa shape index (κ1) is 21.0. The van der Waals surface area contributed by atoms with Crippen LogP contribution in [0.5, 0.6) is 0 Å². The van der Waals surface area contributed by atoms with Gasteiger partial charge in [-0.15, -0.1) is 0 Å². The third kappa shape index (κ3) is 3.90. The summed E-state index contributed by atoms with van der Waals surface area (Å²) in [6, 6.07) is 6.16. The quantitative estimate of drug-likeness (QED) is 0.645. The molecule has 0 bridgehead atoms. The highest BCUT2D eigenvalue weighted by molar-refractivity contribution is 5.68. The number of hydrogen-bond acceptors (Lipinski definition) is 7. The second kappa shape index (κ2) is 8.10. The molecule has 0 saturated carbocycles. The first-order chi connectivity index (χ1) is 14.8. The van der Waals surface area contributed by atoms with Crippen molar-refractivity contribution in [1.29, 1.82) is 0 Å².